The number of aryl methyl sites for hydroxylation is 1. The van der Waals surface area contributed by atoms with Crippen LogP contribution in [0.15, 0.2) is 18.2 Å². The molecule has 1 atom stereocenters. The molecule has 1 aromatic carbocycles. The molecule has 0 aliphatic carbocycles. The lowest BCUT2D eigenvalue weighted by Gasteiger charge is -2.28. The van der Waals surface area contributed by atoms with Crippen molar-refractivity contribution in [2.75, 3.05) is 17.1 Å². The first-order valence-electron chi connectivity index (χ1n) is 4.98. The van der Waals surface area contributed by atoms with Crippen LogP contribution in [0.1, 0.15) is 12.0 Å². The zero-order chi connectivity index (χ0) is 11.7. The summed E-state index contributed by atoms with van der Waals surface area (Å²) in [6.07, 6.45) is 3.24. The predicted octanol–water partition coefficient (Wildman–Crippen LogP) is 1.64. The Morgan fingerprint density at radius 3 is 2.88 bits per heavy atom. The molecule has 1 heterocycles. The van der Waals surface area contributed by atoms with Gasteiger partial charge >= 0.3 is 0 Å². The van der Waals surface area contributed by atoms with Crippen LogP contribution >= 0.6 is 0 Å². The summed E-state index contributed by atoms with van der Waals surface area (Å²) in [7, 11) is 0. The Morgan fingerprint density at radius 1 is 1.50 bits per heavy atom. The highest BCUT2D eigenvalue weighted by atomic mass is 32.2. The molecule has 1 unspecified atom stereocenters. The van der Waals surface area contributed by atoms with Crippen molar-refractivity contribution in [3.05, 3.63) is 33.9 Å². The van der Waals surface area contributed by atoms with Gasteiger partial charge in [-0.25, -0.2) is 0 Å². The molecule has 0 N–H and O–H groups in total. The van der Waals surface area contributed by atoms with Gasteiger partial charge in [0, 0.05) is 6.07 Å². The molecule has 0 amide bonds. The van der Waals surface area contributed by atoms with Gasteiger partial charge in [-0.15, -0.1) is 0 Å². The summed E-state index contributed by atoms with van der Waals surface area (Å²) < 4.78 is 13.2. The molecule has 0 radical (unpaired) electrons. The topological polar surface area (TPSA) is 69.4 Å². The Morgan fingerprint density at radius 2 is 2.25 bits per heavy atom. The number of rotatable bonds is 2. The lowest BCUT2D eigenvalue weighted by atomic mass is 10.0. The van der Waals surface area contributed by atoms with Crippen molar-refractivity contribution >= 4 is 22.7 Å². The number of fused-ring (bicyclic) bond motifs is 1. The smallest absolute Gasteiger partial charge is 0.297 e. The van der Waals surface area contributed by atoms with Crippen LogP contribution in [0.5, 0.6) is 0 Å². The quantitative estimate of drug-likeness (QED) is 0.447. The van der Waals surface area contributed by atoms with Crippen molar-refractivity contribution in [2.45, 2.75) is 12.8 Å². The minimum absolute atomic E-state index is 0.0485. The molecule has 2 rings (SSSR count). The van der Waals surface area contributed by atoms with Gasteiger partial charge in [-0.1, -0.05) is 12.1 Å². The van der Waals surface area contributed by atoms with Crippen LogP contribution in [0.4, 0.5) is 11.4 Å². The maximum Gasteiger partial charge on any atom is 0.297 e. The van der Waals surface area contributed by atoms with Crippen molar-refractivity contribution in [3.8, 4) is 0 Å². The van der Waals surface area contributed by atoms with Crippen LogP contribution in [-0.2, 0) is 17.8 Å². The normalized spacial score (nSPS) is 16.8. The van der Waals surface area contributed by atoms with E-state index in [4.69, 9.17) is 0 Å². The maximum atomic E-state index is 11.6. The molecule has 0 spiro atoms. The molecular formula is C10H12N2O3S. The average Bonchev–Trinajstić information content (AvgIpc) is 2.27. The number of para-hydroxylation sites is 1. The van der Waals surface area contributed by atoms with Crippen LogP contribution in [0.3, 0.4) is 0 Å². The summed E-state index contributed by atoms with van der Waals surface area (Å²) in [5, 5.41) is 10.9. The van der Waals surface area contributed by atoms with E-state index in [1.807, 2.05) is 6.07 Å². The van der Waals surface area contributed by atoms with E-state index in [9.17, 15) is 14.7 Å². The van der Waals surface area contributed by atoms with Crippen molar-refractivity contribution in [3.63, 3.8) is 0 Å². The summed E-state index contributed by atoms with van der Waals surface area (Å²) in [6.45, 7) is 0.612. The van der Waals surface area contributed by atoms with E-state index in [1.54, 1.807) is 16.6 Å². The Bertz CT molecular complexity index is 423. The molecule has 0 bridgehead atoms. The Hall–Kier alpha value is -1.27. The van der Waals surface area contributed by atoms with Crippen molar-refractivity contribution in [1.29, 1.82) is 0 Å². The molecule has 0 saturated carbocycles. The number of nitrogens with zero attached hydrogens (tertiary/aromatic N) is 2. The third-order valence-corrected chi connectivity index (χ3v) is 3.65. The fourth-order valence-electron chi connectivity index (χ4n) is 2.00. The first kappa shape index (κ1) is 11.2. The van der Waals surface area contributed by atoms with Crippen LogP contribution in [0.25, 0.3) is 0 Å². The third-order valence-electron chi connectivity index (χ3n) is 2.66. The average molecular weight is 240 g/mol. The Labute approximate surface area is 96.5 Å². The van der Waals surface area contributed by atoms with Gasteiger partial charge in [0.15, 0.2) is 5.69 Å². The number of hydrogen-bond donors (Lipinski definition) is 0. The van der Waals surface area contributed by atoms with Crippen LogP contribution in [0.2, 0.25) is 0 Å². The predicted molar refractivity (Wildman–Crippen MR) is 62.8 cm³/mol. The SMILES string of the molecule is C[S+]([O-])N1CCCc2cccc([N+](=O)[O-])c21. The second kappa shape index (κ2) is 4.31. The number of nitro benzene ring substituents is 1. The second-order valence-corrected chi connectivity index (χ2v) is 4.96. The van der Waals surface area contributed by atoms with Crippen LogP contribution in [-0.4, -0.2) is 22.3 Å². The number of nitro groups is 1. The molecule has 5 nitrogen and oxygen atoms in total. The van der Waals surface area contributed by atoms with Crippen molar-refractivity contribution in [1.82, 2.24) is 0 Å². The van der Waals surface area contributed by atoms with Gasteiger partial charge < -0.3 is 4.55 Å². The van der Waals surface area contributed by atoms with E-state index in [0.29, 0.717) is 12.2 Å². The zero-order valence-corrected chi connectivity index (χ0v) is 9.70. The lowest BCUT2D eigenvalue weighted by molar-refractivity contribution is -0.384. The van der Waals surface area contributed by atoms with Crippen LogP contribution < -0.4 is 4.31 Å². The van der Waals surface area contributed by atoms with E-state index in [2.05, 4.69) is 0 Å². The molecule has 1 aromatic rings. The highest BCUT2D eigenvalue weighted by Crippen LogP contribution is 2.37. The fraction of sp³-hybridized carbons (Fsp3) is 0.400. The van der Waals surface area contributed by atoms with Gasteiger partial charge in [0.05, 0.1) is 22.8 Å². The van der Waals surface area contributed by atoms with Gasteiger partial charge in [0.25, 0.3) is 5.69 Å². The van der Waals surface area contributed by atoms with Crippen LogP contribution in [0, 0.1) is 10.1 Å². The molecule has 1 aliphatic rings. The van der Waals surface area contributed by atoms with Crippen molar-refractivity contribution < 1.29 is 9.48 Å². The Balaban J connectivity index is 2.55. The Kier molecular flexibility index (Phi) is 3.02. The van der Waals surface area contributed by atoms with E-state index < -0.39 is 16.3 Å². The molecule has 86 valence electrons. The highest BCUT2D eigenvalue weighted by Gasteiger charge is 2.31. The molecule has 0 aromatic heterocycles. The molecule has 0 fully saturated rings. The monoisotopic (exact) mass is 240 g/mol. The summed E-state index contributed by atoms with van der Waals surface area (Å²) in [5.41, 5.74) is 1.49. The largest absolute Gasteiger partial charge is 0.593 e. The fourth-order valence-corrected chi connectivity index (χ4v) is 2.85. The second-order valence-electron chi connectivity index (χ2n) is 3.67. The third kappa shape index (κ3) is 1.85. The molecule has 16 heavy (non-hydrogen) atoms. The molecule has 0 saturated heterocycles. The number of benzene rings is 1. The minimum Gasteiger partial charge on any atom is -0.593 e. The van der Waals surface area contributed by atoms with Gasteiger partial charge in [-0.2, -0.15) is 4.31 Å². The summed E-state index contributed by atoms with van der Waals surface area (Å²) in [4.78, 5) is 10.5. The molecule has 6 heteroatoms. The van der Waals surface area contributed by atoms with Gasteiger partial charge in [0.1, 0.15) is 6.26 Å². The number of hydrogen-bond acceptors (Lipinski definition) is 4. The summed E-state index contributed by atoms with van der Waals surface area (Å²) >= 11 is -1.21. The van der Waals surface area contributed by atoms with E-state index >= 15 is 0 Å². The molecule has 1 aliphatic heterocycles. The van der Waals surface area contributed by atoms with Gasteiger partial charge in [-0.05, 0) is 18.4 Å². The minimum atomic E-state index is -1.21. The van der Waals surface area contributed by atoms with E-state index in [1.165, 1.54) is 6.07 Å². The molecular weight excluding hydrogens is 228 g/mol. The summed E-state index contributed by atoms with van der Waals surface area (Å²) in [6, 6.07) is 5.00. The number of anilines is 1. The zero-order valence-electron chi connectivity index (χ0n) is 8.88. The van der Waals surface area contributed by atoms with E-state index in [-0.39, 0.29) is 5.69 Å². The van der Waals surface area contributed by atoms with Gasteiger partial charge in [0.2, 0.25) is 0 Å². The van der Waals surface area contributed by atoms with E-state index in [0.717, 1.165) is 18.4 Å². The first-order valence-corrected chi connectivity index (χ1v) is 6.50. The lowest BCUT2D eigenvalue weighted by Crippen LogP contribution is -2.35. The van der Waals surface area contributed by atoms with Gasteiger partial charge in [-0.3, -0.25) is 10.1 Å². The van der Waals surface area contributed by atoms with Crippen molar-refractivity contribution in [2.24, 2.45) is 0 Å². The highest BCUT2D eigenvalue weighted by molar-refractivity contribution is 7.92. The maximum absolute atomic E-state index is 11.6. The first-order chi connectivity index (χ1) is 7.61. The standard InChI is InChI=1S/C10H12N2O3S/c1-16(15)11-7-3-5-8-4-2-6-9(10(8)11)12(13)14/h2,4,6H,3,5,7H2,1H3. The summed E-state index contributed by atoms with van der Waals surface area (Å²) in [5.74, 6) is 0.